The average molecular weight is 177 g/mol. The van der Waals surface area contributed by atoms with E-state index in [1.807, 2.05) is 13.8 Å². The molecule has 0 saturated heterocycles. The smallest absolute Gasteiger partial charge is 0.202 e. The van der Waals surface area contributed by atoms with Gasteiger partial charge in [0.15, 0.2) is 5.82 Å². The molecule has 13 heavy (non-hydrogen) atoms. The van der Waals surface area contributed by atoms with Crippen LogP contribution in [0.15, 0.2) is 28.5 Å². The predicted molar refractivity (Wildman–Crippen MR) is 52.9 cm³/mol. The molecule has 0 spiro atoms. The van der Waals surface area contributed by atoms with Crippen LogP contribution in [0.2, 0.25) is 0 Å². The molecule has 68 valence electrons. The lowest BCUT2D eigenvalue weighted by Crippen LogP contribution is -1.82. The Morgan fingerprint density at radius 3 is 2.92 bits per heavy atom. The van der Waals surface area contributed by atoms with E-state index in [0.717, 1.165) is 0 Å². The summed E-state index contributed by atoms with van der Waals surface area (Å²) in [5.41, 5.74) is 0. The van der Waals surface area contributed by atoms with Crippen molar-refractivity contribution in [3.63, 3.8) is 0 Å². The molecule has 0 saturated carbocycles. The van der Waals surface area contributed by atoms with E-state index in [1.54, 1.807) is 24.5 Å². The highest BCUT2D eigenvalue weighted by Crippen LogP contribution is 2.24. The molecular weight excluding hydrogens is 166 g/mol. The first kappa shape index (κ1) is 9.38. The van der Waals surface area contributed by atoms with E-state index in [9.17, 15) is 0 Å². The van der Waals surface area contributed by atoms with Crippen LogP contribution in [0.3, 0.4) is 0 Å². The number of hydrogen-bond acceptors (Lipinski definition) is 4. The van der Waals surface area contributed by atoms with E-state index in [4.69, 9.17) is 4.84 Å². The molecule has 0 unspecified atom stereocenters. The minimum Gasteiger partial charge on any atom is -0.353 e. The van der Waals surface area contributed by atoms with Crippen molar-refractivity contribution in [2.45, 2.75) is 13.8 Å². The van der Waals surface area contributed by atoms with Crippen LogP contribution in [-0.2, 0) is 0 Å². The summed E-state index contributed by atoms with van der Waals surface area (Å²) in [5.74, 6) is 1.14. The van der Waals surface area contributed by atoms with Crippen molar-refractivity contribution >= 4 is 18.2 Å². The molecule has 0 atom stereocenters. The molecule has 1 aliphatic heterocycles. The minimum absolute atomic E-state index is 0.560. The van der Waals surface area contributed by atoms with Crippen LogP contribution in [0, 0.1) is 0 Å². The zero-order valence-corrected chi connectivity index (χ0v) is 7.64. The van der Waals surface area contributed by atoms with Crippen molar-refractivity contribution in [3.8, 4) is 5.75 Å². The van der Waals surface area contributed by atoms with Crippen molar-refractivity contribution in [1.82, 2.24) is 4.98 Å². The summed E-state index contributed by atoms with van der Waals surface area (Å²) in [4.78, 5) is 12.9. The zero-order valence-electron chi connectivity index (χ0n) is 7.64. The van der Waals surface area contributed by atoms with E-state index in [1.165, 1.54) is 6.21 Å². The molecular formula is C9H11N3O. The number of hydrogen-bond donors (Lipinski definition) is 0. The van der Waals surface area contributed by atoms with Crippen molar-refractivity contribution in [3.05, 3.63) is 18.3 Å². The Kier molecular flexibility index (Phi) is 3.63. The van der Waals surface area contributed by atoms with Gasteiger partial charge in [0, 0.05) is 6.20 Å². The van der Waals surface area contributed by atoms with Gasteiger partial charge < -0.3 is 4.84 Å². The first-order valence-electron chi connectivity index (χ1n) is 4.15. The third-order valence-electron chi connectivity index (χ3n) is 1.23. The zero-order chi connectivity index (χ0) is 9.52. The van der Waals surface area contributed by atoms with Crippen molar-refractivity contribution in [2.75, 3.05) is 0 Å². The van der Waals surface area contributed by atoms with Crippen LogP contribution in [0.5, 0.6) is 5.75 Å². The number of rotatable bonds is 0. The monoisotopic (exact) mass is 177 g/mol. The van der Waals surface area contributed by atoms with E-state index in [2.05, 4.69) is 15.1 Å². The molecule has 0 aliphatic carbocycles. The molecule has 1 aromatic heterocycles. The van der Waals surface area contributed by atoms with Gasteiger partial charge in [0.05, 0.1) is 12.4 Å². The first-order chi connectivity index (χ1) is 6.47. The Bertz CT molecular complexity index is 320. The topological polar surface area (TPSA) is 46.8 Å². The Morgan fingerprint density at radius 1 is 1.23 bits per heavy atom. The summed E-state index contributed by atoms with van der Waals surface area (Å²) in [6.07, 6.45) is 4.67. The van der Waals surface area contributed by atoms with Gasteiger partial charge in [0.25, 0.3) is 0 Å². The van der Waals surface area contributed by atoms with Gasteiger partial charge in [-0.25, -0.2) is 9.98 Å². The summed E-state index contributed by atoms with van der Waals surface area (Å²) in [6.45, 7) is 4.00. The van der Waals surface area contributed by atoms with E-state index in [0.29, 0.717) is 11.6 Å². The van der Waals surface area contributed by atoms with Gasteiger partial charge in [-0.1, -0.05) is 19.0 Å². The van der Waals surface area contributed by atoms with E-state index >= 15 is 0 Å². The summed E-state index contributed by atoms with van der Waals surface area (Å²) in [5, 5.41) is 3.60. The summed E-state index contributed by atoms with van der Waals surface area (Å²) < 4.78 is 0. The lowest BCUT2D eigenvalue weighted by Gasteiger charge is -1.96. The van der Waals surface area contributed by atoms with E-state index in [-0.39, 0.29) is 0 Å². The number of pyridine rings is 1. The summed E-state index contributed by atoms with van der Waals surface area (Å²) >= 11 is 0. The molecule has 2 rings (SSSR count). The van der Waals surface area contributed by atoms with Crippen LogP contribution in [0.4, 0.5) is 5.82 Å². The molecule has 0 aromatic carbocycles. The van der Waals surface area contributed by atoms with Crippen LogP contribution < -0.4 is 4.84 Å². The Labute approximate surface area is 77.0 Å². The quantitative estimate of drug-likeness (QED) is 0.609. The van der Waals surface area contributed by atoms with Crippen LogP contribution in [0.25, 0.3) is 0 Å². The largest absolute Gasteiger partial charge is 0.353 e. The highest BCUT2D eigenvalue weighted by molar-refractivity contribution is 6.16. The van der Waals surface area contributed by atoms with Crippen LogP contribution in [0.1, 0.15) is 13.8 Å². The fourth-order valence-electron chi connectivity index (χ4n) is 0.769. The summed E-state index contributed by atoms with van der Waals surface area (Å²) in [6, 6.07) is 3.54. The average Bonchev–Trinajstić information content (AvgIpc) is 2.45. The third kappa shape index (κ3) is 2.37. The lowest BCUT2D eigenvalue weighted by molar-refractivity contribution is 0.345. The highest BCUT2D eigenvalue weighted by atomic mass is 16.6. The number of fused-ring (bicyclic) bond motifs is 1. The second-order valence-corrected chi connectivity index (χ2v) is 1.95. The van der Waals surface area contributed by atoms with Gasteiger partial charge in [-0.2, -0.15) is 0 Å². The molecule has 0 radical (unpaired) electrons. The molecule has 1 aromatic rings. The number of aliphatic imine (C=N–C) groups is 1. The SMILES string of the molecule is C1=NOc2cccnc2N=C1.CC. The van der Waals surface area contributed by atoms with Crippen LogP contribution >= 0.6 is 0 Å². The van der Waals surface area contributed by atoms with Gasteiger partial charge in [-0.3, -0.25) is 0 Å². The Morgan fingerprint density at radius 2 is 2.08 bits per heavy atom. The maximum absolute atomic E-state index is 4.93. The predicted octanol–water partition coefficient (Wildman–Crippen LogP) is 2.19. The normalized spacial score (nSPS) is 11.8. The number of nitrogens with zero attached hydrogens (tertiary/aromatic N) is 3. The van der Waals surface area contributed by atoms with E-state index < -0.39 is 0 Å². The number of aromatic nitrogens is 1. The third-order valence-corrected chi connectivity index (χ3v) is 1.23. The maximum atomic E-state index is 4.93. The Balaban J connectivity index is 0.000000396. The molecule has 0 amide bonds. The van der Waals surface area contributed by atoms with Gasteiger partial charge >= 0.3 is 0 Å². The molecule has 1 aliphatic rings. The van der Waals surface area contributed by atoms with Gasteiger partial charge in [0.1, 0.15) is 0 Å². The maximum Gasteiger partial charge on any atom is 0.202 e. The molecule has 2 heterocycles. The standard InChI is InChI=1S/C7H5N3O.C2H6/c1-2-6-7(8-3-1)9-4-5-10-11-6;1-2/h1-5H;1-2H3. The fraction of sp³-hybridized carbons (Fsp3) is 0.222. The molecule has 0 N–H and O–H groups in total. The molecule has 4 heteroatoms. The summed E-state index contributed by atoms with van der Waals surface area (Å²) in [7, 11) is 0. The highest BCUT2D eigenvalue weighted by Gasteiger charge is 2.02. The van der Waals surface area contributed by atoms with Gasteiger partial charge in [-0.15, -0.1) is 0 Å². The minimum atomic E-state index is 0.560. The molecule has 0 bridgehead atoms. The second kappa shape index (κ2) is 5.03. The fourth-order valence-corrected chi connectivity index (χ4v) is 0.769. The van der Waals surface area contributed by atoms with Crippen molar-refractivity contribution in [2.24, 2.45) is 10.1 Å². The van der Waals surface area contributed by atoms with Crippen LogP contribution in [-0.4, -0.2) is 17.4 Å². The Hall–Kier alpha value is -1.71. The van der Waals surface area contributed by atoms with Gasteiger partial charge in [0.2, 0.25) is 5.75 Å². The van der Waals surface area contributed by atoms with Crippen molar-refractivity contribution in [1.29, 1.82) is 0 Å². The number of oxime groups is 1. The first-order valence-corrected chi connectivity index (χ1v) is 4.15. The lowest BCUT2D eigenvalue weighted by atomic mass is 10.4. The van der Waals surface area contributed by atoms with Gasteiger partial charge in [-0.05, 0) is 12.1 Å². The molecule has 4 nitrogen and oxygen atoms in total. The van der Waals surface area contributed by atoms with Crippen molar-refractivity contribution < 1.29 is 4.84 Å². The molecule has 0 fully saturated rings. The second-order valence-electron chi connectivity index (χ2n) is 1.95.